The van der Waals surface area contributed by atoms with Crippen molar-refractivity contribution < 1.29 is 9.53 Å². The van der Waals surface area contributed by atoms with Crippen molar-refractivity contribution in [2.45, 2.75) is 13.1 Å². The standard InChI is InChI=1S/C13H16ClN5O2/c14-10-1-3-12(4-2-10)21-6-5-19-9-11(17-18-19)8-16-13(20)7-15/h1-4,9H,5-8,15H2,(H,16,20). The lowest BCUT2D eigenvalue weighted by Crippen LogP contribution is -2.29. The van der Waals surface area contributed by atoms with Crippen LogP contribution in [0.4, 0.5) is 0 Å². The zero-order valence-corrected chi connectivity index (χ0v) is 12.1. The lowest BCUT2D eigenvalue weighted by atomic mass is 10.3. The Morgan fingerprint density at radius 2 is 2.14 bits per heavy atom. The summed E-state index contributed by atoms with van der Waals surface area (Å²) in [5.74, 6) is 0.519. The summed E-state index contributed by atoms with van der Waals surface area (Å²) in [6.45, 7) is 1.29. The number of benzene rings is 1. The number of nitrogens with zero attached hydrogens (tertiary/aromatic N) is 3. The Hall–Kier alpha value is -2.12. The quantitative estimate of drug-likeness (QED) is 0.780. The molecule has 0 saturated carbocycles. The van der Waals surface area contributed by atoms with Crippen LogP contribution in [-0.2, 0) is 17.9 Å². The molecule has 0 atom stereocenters. The molecule has 1 aromatic heterocycles. The summed E-state index contributed by atoms with van der Waals surface area (Å²) in [4.78, 5) is 11.0. The van der Waals surface area contributed by atoms with E-state index in [0.717, 1.165) is 5.75 Å². The molecule has 112 valence electrons. The molecule has 1 heterocycles. The Morgan fingerprint density at radius 3 is 2.86 bits per heavy atom. The Labute approximate surface area is 127 Å². The van der Waals surface area contributed by atoms with Crippen LogP contribution in [-0.4, -0.2) is 34.1 Å². The number of nitrogens with two attached hydrogens (primary N) is 1. The maximum Gasteiger partial charge on any atom is 0.234 e. The molecule has 0 radical (unpaired) electrons. The highest BCUT2D eigenvalue weighted by molar-refractivity contribution is 6.30. The average molecular weight is 310 g/mol. The minimum atomic E-state index is -0.226. The van der Waals surface area contributed by atoms with Gasteiger partial charge in [-0.05, 0) is 24.3 Å². The topological polar surface area (TPSA) is 95.1 Å². The molecule has 8 heteroatoms. The van der Waals surface area contributed by atoms with Crippen molar-refractivity contribution >= 4 is 17.5 Å². The van der Waals surface area contributed by atoms with Crippen LogP contribution in [0.1, 0.15) is 5.69 Å². The molecular formula is C13H16ClN5O2. The maximum absolute atomic E-state index is 11.0. The number of nitrogens with one attached hydrogen (secondary N) is 1. The highest BCUT2D eigenvalue weighted by Crippen LogP contribution is 2.15. The van der Waals surface area contributed by atoms with E-state index in [-0.39, 0.29) is 12.5 Å². The van der Waals surface area contributed by atoms with Gasteiger partial charge in [0.1, 0.15) is 18.1 Å². The molecule has 3 N–H and O–H groups in total. The molecule has 0 aliphatic rings. The normalized spacial score (nSPS) is 10.4. The summed E-state index contributed by atoms with van der Waals surface area (Å²) in [6, 6.07) is 7.14. The zero-order valence-electron chi connectivity index (χ0n) is 11.3. The van der Waals surface area contributed by atoms with Crippen LogP contribution in [0.3, 0.4) is 0 Å². The predicted octanol–water partition coefficient (Wildman–Crippen LogP) is 0.585. The number of carbonyl (C=O) groups is 1. The van der Waals surface area contributed by atoms with Crippen LogP contribution < -0.4 is 15.8 Å². The van der Waals surface area contributed by atoms with Crippen molar-refractivity contribution in [3.8, 4) is 5.75 Å². The van der Waals surface area contributed by atoms with Gasteiger partial charge in [-0.3, -0.25) is 4.79 Å². The molecule has 21 heavy (non-hydrogen) atoms. The van der Waals surface area contributed by atoms with Gasteiger partial charge in [-0.25, -0.2) is 4.68 Å². The molecule has 0 spiro atoms. The van der Waals surface area contributed by atoms with Gasteiger partial charge in [0.05, 0.1) is 25.8 Å². The first-order valence-corrected chi connectivity index (χ1v) is 6.79. The fourth-order valence-corrected chi connectivity index (χ4v) is 1.70. The van der Waals surface area contributed by atoms with Gasteiger partial charge in [-0.15, -0.1) is 5.10 Å². The van der Waals surface area contributed by atoms with Crippen LogP contribution in [0.15, 0.2) is 30.5 Å². The summed E-state index contributed by atoms with van der Waals surface area (Å²) >= 11 is 5.79. The van der Waals surface area contributed by atoms with Crippen molar-refractivity contribution in [3.05, 3.63) is 41.2 Å². The molecule has 0 unspecified atom stereocenters. The van der Waals surface area contributed by atoms with Gasteiger partial charge in [0.2, 0.25) is 5.91 Å². The van der Waals surface area contributed by atoms with E-state index in [1.165, 1.54) is 0 Å². The van der Waals surface area contributed by atoms with Gasteiger partial charge >= 0.3 is 0 Å². The van der Waals surface area contributed by atoms with E-state index in [1.807, 2.05) is 0 Å². The lowest BCUT2D eigenvalue weighted by Gasteiger charge is -2.05. The number of amides is 1. The molecule has 0 aliphatic heterocycles. The maximum atomic E-state index is 11.0. The predicted molar refractivity (Wildman–Crippen MR) is 77.9 cm³/mol. The first-order chi connectivity index (χ1) is 10.2. The lowest BCUT2D eigenvalue weighted by molar-refractivity contribution is -0.119. The number of hydrogen-bond acceptors (Lipinski definition) is 5. The van der Waals surface area contributed by atoms with Crippen molar-refractivity contribution in [3.63, 3.8) is 0 Å². The molecule has 2 aromatic rings. The monoisotopic (exact) mass is 309 g/mol. The summed E-state index contributed by atoms with van der Waals surface area (Å²) in [6.07, 6.45) is 1.75. The van der Waals surface area contributed by atoms with Crippen LogP contribution in [0, 0.1) is 0 Å². The van der Waals surface area contributed by atoms with E-state index in [9.17, 15) is 4.79 Å². The van der Waals surface area contributed by atoms with Crippen molar-refractivity contribution in [2.24, 2.45) is 5.73 Å². The minimum absolute atomic E-state index is 0.0386. The fraction of sp³-hybridized carbons (Fsp3) is 0.308. The molecule has 0 aliphatic carbocycles. The van der Waals surface area contributed by atoms with Gasteiger partial charge in [-0.1, -0.05) is 16.8 Å². The second-order valence-electron chi connectivity index (χ2n) is 4.26. The summed E-state index contributed by atoms with van der Waals surface area (Å²) in [5, 5.41) is 11.2. The Balaban J connectivity index is 1.75. The van der Waals surface area contributed by atoms with E-state index < -0.39 is 0 Å². The fourth-order valence-electron chi connectivity index (χ4n) is 1.58. The number of aromatic nitrogens is 3. The molecule has 7 nitrogen and oxygen atoms in total. The van der Waals surface area contributed by atoms with Crippen molar-refractivity contribution in [1.29, 1.82) is 0 Å². The number of hydrogen-bond donors (Lipinski definition) is 2. The van der Waals surface area contributed by atoms with Crippen molar-refractivity contribution in [2.75, 3.05) is 13.2 Å². The highest BCUT2D eigenvalue weighted by Gasteiger charge is 2.03. The molecule has 0 bridgehead atoms. The first-order valence-electron chi connectivity index (χ1n) is 6.41. The molecule has 1 aromatic carbocycles. The van der Waals surface area contributed by atoms with E-state index >= 15 is 0 Å². The second-order valence-corrected chi connectivity index (χ2v) is 4.69. The Bertz CT molecular complexity index is 585. The SMILES string of the molecule is NCC(=O)NCc1cn(CCOc2ccc(Cl)cc2)nn1. The van der Waals surface area contributed by atoms with E-state index in [4.69, 9.17) is 22.1 Å². The third-order valence-corrected chi connectivity index (χ3v) is 2.89. The third-order valence-electron chi connectivity index (χ3n) is 2.64. The molecule has 0 saturated heterocycles. The van der Waals surface area contributed by atoms with Crippen LogP contribution in [0.5, 0.6) is 5.75 Å². The van der Waals surface area contributed by atoms with Crippen LogP contribution >= 0.6 is 11.6 Å². The second kappa shape index (κ2) is 7.61. The average Bonchev–Trinajstić information content (AvgIpc) is 2.95. The van der Waals surface area contributed by atoms with E-state index in [2.05, 4.69) is 15.6 Å². The summed E-state index contributed by atoms with van der Waals surface area (Å²) < 4.78 is 7.21. The Kier molecular flexibility index (Phi) is 5.53. The Morgan fingerprint density at radius 1 is 1.38 bits per heavy atom. The molecule has 0 fully saturated rings. The molecule has 2 rings (SSSR count). The first kappa shape index (κ1) is 15.3. The van der Waals surface area contributed by atoms with Gasteiger partial charge in [0.15, 0.2) is 0 Å². The molecule has 1 amide bonds. The number of carbonyl (C=O) groups excluding carboxylic acids is 1. The zero-order chi connectivity index (χ0) is 15.1. The van der Waals surface area contributed by atoms with Crippen molar-refractivity contribution in [1.82, 2.24) is 20.3 Å². The molecular weight excluding hydrogens is 294 g/mol. The third kappa shape index (κ3) is 5.05. The highest BCUT2D eigenvalue weighted by atomic mass is 35.5. The van der Waals surface area contributed by atoms with Gasteiger partial charge < -0.3 is 15.8 Å². The van der Waals surface area contributed by atoms with Gasteiger partial charge in [-0.2, -0.15) is 0 Å². The van der Waals surface area contributed by atoms with E-state index in [0.29, 0.717) is 30.4 Å². The summed E-state index contributed by atoms with van der Waals surface area (Å²) in [5.41, 5.74) is 5.86. The smallest absolute Gasteiger partial charge is 0.234 e. The van der Waals surface area contributed by atoms with Crippen LogP contribution in [0.2, 0.25) is 5.02 Å². The number of halogens is 1. The number of ether oxygens (including phenoxy) is 1. The summed E-state index contributed by atoms with van der Waals surface area (Å²) in [7, 11) is 0. The largest absolute Gasteiger partial charge is 0.492 e. The van der Waals surface area contributed by atoms with Gasteiger partial charge in [0, 0.05) is 5.02 Å². The van der Waals surface area contributed by atoms with Gasteiger partial charge in [0.25, 0.3) is 0 Å². The van der Waals surface area contributed by atoms with E-state index in [1.54, 1.807) is 35.1 Å². The number of rotatable bonds is 7. The minimum Gasteiger partial charge on any atom is -0.492 e. The van der Waals surface area contributed by atoms with Crippen LogP contribution in [0.25, 0.3) is 0 Å².